The SMILES string of the molecule is Cc1cc(C(=O)N/N=C\c2ccc([N+](=O)[O-])o2)no1. The van der Waals surface area contributed by atoms with Crippen LogP contribution in [0.5, 0.6) is 0 Å². The Bertz CT molecular complexity index is 642. The number of nitrogens with zero attached hydrogens (tertiary/aromatic N) is 3. The highest BCUT2D eigenvalue weighted by Crippen LogP contribution is 2.13. The first kappa shape index (κ1) is 12.5. The summed E-state index contributed by atoms with van der Waals surface area (Å²) in [6, 6.07) is 3.99. The van der Waals surface area contributed by atoms with Gasteiger partial charge in [0.2, 0.25) is 0 Å². The standard InChI is InChI=1S/C10H8N4O5/c1-6-4-8(13-19-6)10(15)12-11-5-7-2-3-9(18-7)14(16)17/h2-5H,1H3,(H,12,15)/b11-5-. The van der Waals surface area contributed by atoms with Gasteiger partial charge in [-0.1, -0.05) is 5.16 Å². The minimum atomic E-state index is -0.673. The van der Waals surface area contributed by atoms with Crippen molar-refractivity contribution in [3.05, 3.63) is 45.5 Å². The van der Waals surface area contributed by atoms with Crippen LogP contribution in [0.4, 0.5) is 5.88 Å². The number of nitro groups is 1. The van der Waals surface area contributed by atoms with Crippen molar-refractivity contribution < 1.29 is 18.7 Å². The summed E-state index contributed by atoms with van der Waals surface area (Å²) in [6.07, 6.45) is 1.14. The molecule has 0 saturated carbocycles. The van der Waals surface area contributed by atoms with E-state index < -0.39 is 16.7 Å². The van der Waals surface area contributed by atoms with Crippen LogP contribution < -0.4 is 5.43 Å². The van der Waals surface area contributed by atoms with Crippen molar-refractivity contribution in [1.82, 2.24) is 10.6 Å². The number of carbonyl (C=O) groups excluding carboxylic acids is 1. The third kappa shape index (κ3) is 3.03. The number of rotatable bonds is 4. The van der Waals surface area contributed by atoms with E-state index in [2.05, 4.69) is 15.7 Å². The fourth-order valence-corrected chi connectivity index (χ4v) is 1.19. The van der Waals surface area contributed by atoms with Gasteiger partial charge in [0.15, 0.2) is 11.5 Å². The predicted octanol–water partition coefficient (Wildman–Crippen LogP) is 1.25. The van der Waals surface area contributed by atoms with E-state index >= 15 is 0 Å². The molecule has 1 amide bonds. The highest BCUT2D eigenvalue weighted by molar-refractivity contribution is 5.92. The number of carbonyl (C=O) groups is 1. The van der Waals surface area contributed by atoms with Crippen LogP contribution in [0.3, 0.4) is 0 Å². The number of hydrogen-bond acceptors (Lipinski definition) is 7. The third-order valence-corrected chi connectivity index (χ3v) is 2.01. The average molecular weight is 264 g/mol. The highest BCUT2D eigenvalue weighted by atomic mass is 16.6. The van der Waals surface area contributed by atoms with Crippen molar-refractivity contribution in [2.24, 2.45) is 5.10 Å². The maximum Gasteiger partial charge on any atom is 0.433 e. The Labute approximate surface area is 106 Å². The summed E-state index contributed by atoms with van der Waals surface area (Å²) < 4.78 is 9.53. The second kappa shape index (κ2) is 5.12. The fourth-order valence-electron chi connectivity index (χ4n) is 1.19. The van der Waals surface area contributed by atoms with Gasteiger partial charge in [0.05, 0.1) is 12.3 Å². The summed E-state index contributed by atoms with van der Waals surface area (Å²) >= 11 is 0. The van der Waals surface area contributed by atoms with Crippen molar-refractivity contribution in [3.8, 4) is 0 Å². The Morgan fingerprint density at radius 3 is 2.95 bits per heavy atom. The quantitative estimate of drug-likeness (QED) is 0.503. The lowest BCUT2D eigenvalue weighted by atomic mass is 10.4. The average Bonchev–Trinajstić information content (AvgIpc) is 2.98. The molecule has 0 aliphatic carbocycles. The molecular weight excluding hydrogens is 256 g/mol. The number of hydrogen-bond donors (Lipinski definition) is 1. The normalized spacial score (nSPS) is 10.8. The van der Waals surface area contributed by atoms with Gasteiger partial charge in [-0.25, -0.2) is 5.43 Å². The number of aryl methyl sites for hydroxylation is 1. The van der Waals surface area contributed by atoms with E-state index in [0.29, 0.717) is 5.76 Å². The molecule has 19 heavy (non-hydrogen) atoms. The molecule has 0 fully saturated rings. The molecule has 0 bridgehead atoms. The summed E-state index contributed by atoms with van der Waals surface area (Å²) in [5.74, 6) is -0.326. The predicted molar refractivity (Wildman–Crippen MR) is 61.7 cm³/mol. The Morgan fingerprint density at radius 1 is 1.58 bits per heavy atom. The summed E-state index contributed by atoms with van der Waals surface area (Å²) in [4.78, 5) is 21.2. The van der Waals surface area contributed by atoms with E-state index in [4.69, 9.17) is 8.94 Å². The van der Waals surface area contributed by atoms with Gasteiger partial charge >= 0.3 is 5.88 Å². The lowest BCUT2D eigenvalue weighted by Crippen LogP contribution is -2.17. The zero-order valence-electron chi connectivity index (χ0n) is 9.69. The maximum atomic E-state index is 11.5. The van der Waals surface area contributed by atoms with E-state index in [1.165, 1.54) is 18.2 Å². The fraction of sp³-hybridized carbons (Fsp3) is 0.100. The molecule has 2 rings (SSSR count). The molecule has 2 aromatic rings. The number of hydrazone groups is 1. The van der Waals surface area contributed by atoms with E-state index in [1.807, 2.05) is 0 Å². The van der Waals surface area contributed by atoms with Gasteiger partial charge in [0.25, 0.3) is 5.91 Å². The van der Waals surface area contributed by atoms with Gasteiger partial charge in [-0.05, 0) is 13.0 Å². The number of nitrogens with one attached hydrogen (secondary N) is 1. The van der Waals surface area contributed by atoms with Crippen molar-refractivity contribution in [2.75, 3.05) is 0 Å². The van der Waals surface area contributed by atoms with Gasteiger partial charge < -0.3 is 8.94 Å². The monoisotopic (exact) mass is 264 g/mol. The molecule has 2 heterocycles. The summed E-state index contributed by atoms with van der Waals surface area (Å²) in [5.41, 5.74) is 2.26. The zero-order chi connectivity index (χ0) is 13.8. The molecule has 9 nitrogen and oxygen atoms in total. The van der Waals surface area contributed by atoms with Gasteiger partial charge in [0.1, 0.15) is 10.7 Å². The molecule has 1 N–H and O–H groups in total. The van der Waals surface area contributed by atoms with Crippen LogP contribution >= 0.6 is 0 Å². The summed E-state index contributed by atoms with van der Waals surface area (Å²) in [5, 5.41) is 17.4. The molecule has 0 aromatic carbocycles. The van der Waals surface area contributed by atoms with E-state index in [9.17, 15) is 14.9 Å². The third-order valence-electron chi connectivity index (χ3n) is 2.01. The van der Waals surface area contributed by atoms with Crippen LogP contribution in [0.2, 0.25) is 0 Å². The van der Waals surface area contributed by atoms with Crippen LogP contribution in [-0.4, -0.2) is 22.2 Å². The zero-order valence-corrected chi connectivity index (χ0v) is 9.69. The van der Waals surface area contributed by atoms with Crippen LogP contribution in [0.15, 0.2) is 32.2 Å². The molecule has 2 aromatic heterocycles. The molecule has 0 spiro atoms. The van der Waals surface area contributed by atoms with Crippen molar-refractivity contribution in [2.45, 2.75) is 6.92 Å². The molecule has 0 atom stereocenters. The lowest BCUT2D eigenvalue weighted by molar-refractivity contribution is -0.402. The number of amides is 1. The lowest BCUT2D eigenvalue weighted by Gasteiger charge is -1.92. The molecule has 0 unspecified atom stereocenters. The topological polar surface area (TPSA) is 124 Å². The van der Waals surface area contributed by atoms with Crippen LogP contribution in [-0.2, 0) is 0 Å². The van der Waals surface area contributed by atoms with Crippen molar-refractivity contribution in [3.63, 3.8) is 0 Å². The Kier molecular flexibility index (Phi) is 3.37. The Hall–Kier alpha value is -2.97. The first-order chi connectivity index (χ1) is 9.06. The smallest absolute Gasteiger partial charge is 0.400 e. The van der Waals surface area contributed by atoms with E-state index in [-0.39, 0.29) is 11.5 Å². The summed E-state index contributed by atoms with van der Waals surface area (Å²) in [6.45, 7) is 1.65. The second-order valence-electron chi connectivity index (χ2n) is 3.46. The second-order valence-corrected chi connectivity index (χ2v) is 3.46. The number of aromatic nitrogens is 1. The number of furan rings is 1. The molecule has 0 saturated heterocycles. The molecular formula is C10H8N4O5. The minimum absolute atomic E-state index is 0.0834. The van der Waals surface area contributed by atoms with Gasteiger partial charge in [-0.15, -0.1) is 0 Å². The Morgan fingerprint density at radius 2 is 2.37 bits per heavy atom. The molecule has 0 aliphatic heterocycles. The maximum absolute atomic E-state index is 11.5. The van der Waals surface area contributed by atoms with Gasteiger partial charge in [-0.3, -0.25) is 14.9 Å². The Balaban J connectivity index is 1.96. The largest absolute Gasteiger partial charge is 0.433 e. The van der Waals surface area contributed by atoms with Crippen LogP contribution in [0.1, 0.15) is 22.0 Å². The molecule has 0 radical (unpaired) electrons. The minimum Gasteiger partial charge on any atom is -0.400 e. The van der Waals surface area contributed by atoms with Gasteiger partial charge in [0, 0.05) is 6.07 Å². The first-order valence-electron chi connectivity index (χ1n) is 5.07. The van der Waals surface area contributed by atoms with Crippen molar-refractivity contribution in [1.29, 1.82) is 0 Å². The van der Waals surface area contributed by atoms with Crippen LogP contribution in [0.25, 0.3) is 0 Å². The molecule has 0 aliphatic rings. The molecule has 98 valence electrons. The molecule has 9 heteroatoms. The van der Waals surface area contributed by atoms with Crippen LogP contribution in [0, 0.1) is 17.0 Å². The van der Waals surface area contributed by atoms with Crippen molar-refractivity contribution >= 4 is 18.0 Å². The first-order valence-corrected chi connectivity index (χ1v) is 5.07. The van der Waals surface area contributed by atoms with E-state index in [0.717, 1.165) is 6.21 Å². The van der Waals surface area contributed by atoms with Gasteiger partial charge in [-0.2, -0.15) is 5.10 Å². The summed E-state index contributed by atoms with van der Waals surface area (Å²) in [7, 11) is 0. The highest BCUT2D eigenvalue weighted by Gasteiger charge is 2.11. The van der Waals surface area contributed by atoms with E-state index in [1.54, 1.807) is 6.92 Å².